The Balaban J connectivity index is 1.36. The molecule has 1 saturated heterocycles. The van der Waals surface area contributed by atoms with Crippen LogP contribution in [-0.2, 0) is 4.79 Å². The predicted octanol–water partition coefficient (Wildman–Crippen LogP) is 2.94. The number of amides is 1. The number of piperazine rings is 1. The van der Waals surface area contributed by atoms with Gasteiger partial charge in [0.15, 0.2) is 0 Å². The molecule has 1 aliphatic heterocycles. The first-order valence-electron chi connectivity index (χ1n) is 9.60. The summed E-state index contributed by atoms with van der Waals surface area (Å²) in [6.07, 6.45) is 0. The van der Waals surface area contributed by atoms with Crippen LogP contribution in [0.4, 0.5) is 5.69 Å². The van der Waals surface area contributed by atoms with Crippen molar-refractivity contribution in [2.75, 3.05) is 51.2 Å². The Labute approximate surface area is 161 Å². The molecule has 144 valence electrons. The van der Waals surface area contributed by atoms with Gasteiger partial charge in [0.25, 0.3) is 0 Å². The molecule has 5 heteroatoms. The van der Waals surface area contributed by atoms with Gasteiger partial charge in [-0.15, -0.1) is 0 Å². The predicted molar refractivity (Wildman–Crippen MR) is 109 cm³/mol. The van der Waals surface area contributed by atoms with Gasteiger partial charge in [-0.2, -0.15) is 0 Å². The van der Waals surface area contributed by atoms with E-state index in [2.05, 4.69) is 21.2 Å². The summed E-state index contributed by atoms with van der Waals surface area (Å²) in [5, 5.41) is 3.05. The second-order valence-corrected chi connectivity index (χ2v) is 7.15. The van der Waals surface area contributed by atoms with Crippen molar-refractivity contribution in [3.8, 4) is 5.75 Å². The highest BCUT2D eigenvalue weighted by molar-refractivity contribution is 5.93. The van der Waals surface area contributed by atoms with Crippen LogP contribution in [0.15, 0.2) is 48.5 Å². The molecule has 1 N–H and O–H groups in total. The van der Waals surface area contributed by atoms with Gasteiger partial charge in [0.05, 0.1) is 6.54 Å². The zero-order valence-corrected chi connectivity index (χ0v) is 16.3. The summed E-state index contributed by atoms with van der Waals surface area (Å²) in [5.41, 5.74) is 3.16. The van der Waals surface area contributed by atoms with Gasteiger partial charge in [-0.25, -0.2) is 0 Å². The number of carbonyl (C=O) groups excluding carboxylic acids is 1. The standard InChI is InChI=1S/C22H29N3O2/c1-18-8-9-19(2)21(16-18)23-22(26)17-25-12-10-24(11-13-25)14-15-27-20-6-4-3-5-7-20/h3-9,16H,10-15,17H2,1-2H3,(H,23,26). The lowest BCUT2D eigenvalue weighted by Gasteiger charge is -2.34. The van der Waals surface area contributed by atoms with E-state index in [1.165, 1.54) is 0 Å². The average Bonchev–Trinajstić information content (AvgIpc) is 2.67. The summed E-state index contributed by atoms with van der Waals surface area (Å²) in [6.45, 7) is 9.86. The molecule has 1 amide bonds. The SMILES string of the molecule is Cc1ccc(C)c(NC(=O)CN2CCN(CCOc3ccccc3)CC2)c1. The molecular formula is C22H29N3O2. The number of para-hydroxylation sites is 1. The lowest BCUT2D eigenvalue weighted by atomic mass is 10.1. The number of hydrogen-bond donors (Lipinski definition) is 1. The van der Waals surface area contributed by atoms with Gasteiger partial charge in [0.1, 0.15) is 12.4 Å². The van der Waals surface area contributed by atoms with Crippen LogP contribution < -0.4 is 10.1 Å². The van der Waals surface area contributed by atoms with Gasteiger partial charge in [0.2, 0.25) is 5.91 Å². The molecule has 2 aromatic carbocycles. The van der Waals surface area contributed by atoms with Crippen molar-refractivity contribution in [2.24, 2.45) is 0 Å². The van der Waals surface area contributed by atoms with Gasteiger partial charge >= 0.3 is 0 Å². The Morgan fingerprint density at radius 2 is 1.70 bits per heavy atom. The van der Waals surface area contributed by atoms with Crippen molar-refractivity contribution < 1.29 is 9.53 Å². The Kier molecular flexibility index (Phi) is 6.85. The highest BCUT2D eigenvalue weighted by Crippen LogP contribution is 2.16. The molecule has 0 bridgehead atoms. The highest BCUT2D eigenvalue weighted by Gasteiger charge is 2.19. The molecule has 0 aliphatic carbocycles. The first-order valence-corrected chi connectivity index (χ1v) is 9.60. The monoisotopic (exact) mass is 367 g/mol. The topological polar surface area (TPSA) is 44.8 Å². The van der Waals surface area contributed by atoms with Crippen LogP contribution in [-0.4, -0.2) is 61.6 Å². The lowest BCUT2D eigenvalue weighted by Crippen LogP contribution is -2.49. The molecule has 0 saturated carbocycles. The number of anilines is 1. The van der Waals surface area contributed by atoms with E-state index < -0.39 is 0 Å². The van der Waals surface area contributed by atoms with Crippen molar-refractivity contribution in [1.82, 2.24) is 9.80 Å². The van der Waals surface area contributed by atoms with Crippen molar-refractivity contribution >= 4 is 11.6 Å². The summed E-state index contributed by atoms with van der Waals surface area (Å²) in [5.74, 6) is 0.976. The van der Waals surface area contributed by atoms with Gasteiger partial charge < -0.3 is 10.1 Å². The number of carbonyl (C=O) groups is 1. The highest BCUT2D eigenvalue weighted by atomic mass is 16.5. The zero-order chi connectivity index (χ0) is 19.1. The number of benzene rings is 2. The fourth-order valence-electron chi connectivity index (χ4n) is 3.24. The molecule has 2 aromatic rings. The van der Waals surface area contributed by atoms with Crippen LogP contribution in [0.3, 0.4) is 0 Å². The minimum absolute atomic E-state index is 0.0598. The van der Waals surface area contributed by atoms with Gasteiger partial charge in [-0.3, -0.25) is 14.6 Å². The van der Waals surface area contributed by atoms with Crippen LogP contribution in [0.5, 0.6) is 5.75 Å². The Morgan fingerprint density at radius 3 is 2.44 bits per heavy atom. The Hall–Kier alpha value is -2.37. The third-order valence-corrected chi connectivity index (χ3v) is 4.92. The van der Waals surface area contributed by atoms with E-state index in [0.29, 0.717) is 13.2 Å². The van der Waals surface area contributed by atoms with Gasteiger partial charge in [-0.1, -0.05) is 30.3 Å². The second-order valence-electron chi connectivity index (χ2n) is 7.15. The average molecular weight is 367 g/mol. The van der Waals surface area contributed by atoms with Crippen molar-refractivity contribution in [2.45, 2.75) is 13.8 Å². The number of rotatable bonds is 7. The Bertz CT molecular complexity index is 740. The largest absolute Gasteiger partial charge is 0.492 e. The summed E-state index contributed by atoms with van der Waals surface area (Å²) >= 11 is 0. The fraction of sp³-hybridized carbons (Fsp3) is 0.409. The van der Waals surface area contributed by atoms with E-state index in [9.17, 15) is 4.79 Å². The molecule has 3 rings (SSSR count). The molecule has 5 nitrogen and oxygen atoms in total. The van der Waals surface area contributed by atoms with Crippen molar-refractivity contribution in [1.29, 1.82) is 0 Å². The van der Waals surface area contributed by atoms with E-state index in [1.54, 1.807) is 0 Å². The number of nitrogens with one attached hydrogen (secondary N) is 1. The van der Waals surface area contributed by atoms with Crippen LogP contribution in [0.25, 0.3) is 0 Å². The molecule has 1 heterocycles. The van der Waals surface area contributed by atoms with Gasteiger partial charge in [-0.05, 0) is 43.2 Å². The third-order valence-electron chi connectivity index (χ3n) is 4.92. The smallest absolute Gasteiger partial charge is 0.238 e. The van der Waals surface area contributed by atoms with E-state index in [1.807, 2.05) is 56.3 Å². The normalized spacial score (nSPS) is 15.5. The fourth-order valence-corrected chi connectivity index (χ4v) is 3.24. The van der Waals surface area contributed by atoms with E-state index in [0.717, 1.165) is 55.3 Å². The van der Waals surface area contributed by atoms with Crippen LogP contribution >= 0.6 is 0 Å². The van der Waals surface area contributed by atoms with Crippen LogP contribution in [0, 0.1) is 13.8 Å². The maximum Gasteiger partial charge on any atom is 0.238 e. The molecule has 0 spiro atoms. The van der Waals surface area contributed by atoms with Crippen LogP contribution in [0.1, 0.15) is 11.1 Å². The molecule has 0 atom stereocenters. The molecule has 1 aliphatic rings. The summed E-state index contributed by atoms with van der Waals surface area (Å²) in [7, 11) is 0. The maximum absolute atomic E-state index is 12.4. The number of hydrogen-bond acceptors (Lipinski definition) is 4. The van der Waals surface area contributed by atoms with Gasteiger partial charge in [0, 0.05) is 38.4 Å². The Morgan fingerprint density at radius 1 is 1.00 bits per heavy atom. The second kappa shape index (κ2) is 9.53. The summed E-state index contributed by atoms with van der Waals surface area (Å²) in [4.78, 5) is 17.0. The first kappa shape index (κ1) is 19.4. The van der Waals surface area contributed by atoms with E-state index in [-0.39, 0.29) is 5.91 Å². The summed E-state index contributed by atoms with van der Waals surface area (Å²) in [6, 6.07) is 16.0. The van der Waals surface area contributed by atoms with Crippen LogP contribution in [0.2, 0.25) is 0 Å². The molecule has 0 unspecified atom stereocenters. The molecule has 0 aromatic heterocycles. The minimum atomic E-state index is 0.0598. The molecule has 0 radical (unpaired) electrons. The number of ether oxygens (including phenoxy) is 1. The summed E-state index contributed by atoms with van der Waals surface area (Å²) < 4.78 is 5.77. The van der Waals surface area contributed by atoms with Crippen molar-refractivity contribution in [3.05, 3.63) is 59.7 Å². The molecular weight excluding hydrogens is 338 g/mol. The number of nitrogens with zero attached hydrogens (tertiary/aromatic N) is 2. The van der Waals surface area contributed by atoms with E-state index in [4.69, 9.17) is 4.74 Å². The molecule has 1 fully saturated rings. The molecule has 27 heavy (non-hydrogen) atoms. The zero-order valence-electron chi connectivity index (χ0n) is 16.3. The maximum atomic E-state index is 12.4. The first-order chi connectivity index (χ1) is 13.1. The lowest BCUT2D eigenvalue weighted by molar-refractivity contribution is -0.117. The third kappa shape index (κ3) is 6.08. The van der Waals surface area contributed by atoms with Crippen molar-refractivity contribution in [3.63, 3.8) is 0 Å². The van der Waals surface area contributed by atoms with E-state index >= 15 is 0 Å². The minimum Gasteiger partial charge on any atom is -0.492 e. The quantitative estimate of drug-likeness (QED) is 0.817. The number of aryl methyl sites for hydroxylation is 2.